The molecule has 1 aromatic carbocycles. The Balaban J connectivity index is 0.00000108. The quantitative estimate of drug-likeness (QED) is 0.683. The second kappa shape index (κ2) is 5.09. The third kappa shape index (κ3) is 2.32. The molecule has 0 amide bonds. The summed E-state index contributed by atoms with van der Waals surface area (Å²) in [5.41, 5.74) is 3.94. The third-order valence-corrected chi connectivity index (χ3v) is 3.62. The molecule has 0 N–H and O–H groups in total. The van der Waals surface area contributed by atoms with Crippen LogP contribution in [0, 0.1) is 6.92 Å². The van der Waals surface area contributed by atoms with Crippen molar-refractivity contribution in [1.82, 2.24) is 4.90 Å². The lowest BCUT2D eigenvalue weighted by molar-refractivity contribution is 0.403. The molecule has 0 aromatic heterocycles. The van der Waals surface area contributed by atoms with Crippen molar-refractivity contribution in [3.63, 3.8) is 0 Å². The number of aryl methyl sites for hydroxylation is 1. The van der Waals surface area contributed by atoms with Gasteiger partial charge in [0.25, 0.3) is 0 Å². The van der Waals surface area contributed by atoms with E-state index in [0.717, 1.165) is 13.0 Å². The number of benzene rings is 1. The van der Waals surface area contributed by atoms with Crippen molar-refractivity contribution in [3.05, 3.63) is 29.3 Å². The molecule has 0 atom stereocenters. The van der Waals surface area contributed by atoms with Gasteiger partial charge in [-0.15, -0.1) is 12.4 Å². The van der Waals surface area contributed by atoms with E-state index in [0.29, 0.717) is 0 Å². The maximum Gasteiger partial charge on any atom is 0.105 e. The van der Waals surface area contributed by atoms with Crippen LogP contribution < -0.4 is 0 Å². The fourth-order valence-corrected chi connectivity index (χ4v) is 2.69. The van der Waals surface area contributed by atoms with Crippen LogP contribution in [-0.4, -0.2) is 17.3 Å². The number of para-hydroxylation sites is 1. The van der Waals surface area contributed by atoms with Gasteiger partial charge < -0.3 is 4.90 Å². The molecule has 0 bridgehead atoms. The van der Waals surface area contributed by atoms with Gasteiger partial charge in [-0.1, -0.05) is 24.6 Å². The van der Waals surface area contributed by atoms with E-state index in [2.05, 4.69) is 30.0 Å². The molecule has 0 radical (unpaired) electrons. The summed E-state index contributed by atoms with van der Waals surface area (Å²) in [7, 11) is 0. The van der Waals surface area contributed by atoms with Gasteiger partial charge in [-0.05, 0) is 30.9 Å². The summed E-state index contributed by atoms with van der Waals surface area (Å²) in [4.78, 5) is 7.34. The Morgan fingerprint density at radius 3 is 2.94 bits per heavy atom. The van der Waals surface area contributed by atoms with Crippen molar-refractivity contribution in [2.45, 2.75) is 39.2 Å². The lowest BCUT2D eigenvalue weighted by Crippen LogP contribution is -2.32. The highest BCUT2D eigenvalue weighted by Crippen LogP contribution is 2.31. The van der Waals surface area contributed by atoms with Crippen LogP contribution in [0.15, 0.2) is 23.2 Å². The van der Waals surface area contributed by atoms with Gasteiger partial charge in [0.05, 0.1) is 5.69 Å². The van der Waals surface area contributed by atoms with Gasteiger partial charge in [0.15, 0.2) is 0 Å². The molecule has 92 valence electrons. The Bertz CT molecular complexity index is 440. The smallest absolute Gasteiger partial charge is 0.105 e. The zero-order valence-electron chi connectivity index (χ0n) is 10.3. The van der Waals surface area contributed by atoms with Crippen molar-refractivity contribution in [2.75, 3.05) is 6.54 Å². The predicted molar refractivity (Wildman–Crippen MR) is 74.4 cm³/mol. The number of aliphatic imine (C=N–C) groups is 1. The lowest BCUT2D eigenvalue weighted by atomic mass is 10.1. The van der Waals surface area contributed by atoms with Gasteiger partial charge in [-0.2, -0.15) is 0 Å². The van der Waals surface area contributed by atoms with Crippen LogP contribution in [0.4, 0.5) is 5.69 Å². The van der Waals surface area contributed by atoms with Crippen LogP contribution in [0.25, 0.3) is 0 Å². The fourth-order valence-electron chi connectivity index (χ4n) is 2.69. The van der Waals surface area contributed by atoms with Crippen molar-refractivity contribution in [2.24, 2.45) is 4.99 Å². The van der Waals surface area contributed by atoms with E-state index in [9.17, 15) is 0 Å². The van der Waals surface area contributed by atoms with Crippen LogP contribution in [0.1, 0.15) is 36.8 Å². The molecule has 1 saturated heterocycles. The van der Waals surface area contributed by atoms with Crippen LogP contribution in [0.5, 0.6) is 0 Å². The highest BCUT2D eigenvalue weighted by Gasteiger charge is 2.21. The predicted octanol–water partition coefficient (Wildman–Crippen LogP) is 3.84. The van der Waals surface area contributed by atoms with Gasteiger partial charge in [0, 0.05) is 19.5 Å². The maximum absolute atomic E-state index is 4.87. The molecule has 2 aliphatic heterocycles. The molecule has 1 aromatic rings. The number of hydrogen-bond acceptors (Lipinski definition) is 2. The van der Waals surface area contributed by atoms with E-state index in [1.165, 1.54) is 48.5 Å². The second-order valence-electron chi connectivity index (χ2n) is 4.84. The SMILES string of the molecule is Cc1cccc2c1N=C1CCCCCN1C2.Cl. The first-order valence-corrected chi connectivity index (χ1v) is 6.25. The molecule has 17 heavy (non-hydrogen) atoms. The summed E-state index contributed by atoms with van der Waals surface area (Å²) in [6, 6.07) is 6.52. The van der Waals surface area contributed by atoms with Gasteiger partial charge in [-0.25, -0.2) is 4.99 Å². The Kier molecular flexibility index (Phi) is 3.72. The van der Waals surface area contributed by atoms with Gasteiger partial charge in [0.1, 0.15) is 5.84 Å². The van der Waals surface area contributed by atoms with Crippen molar-refractivity contribution in [1.29, 1.82) is 0 Å². The van der Waals surface area contributed by atoms with Crippen LogP contribution in [0.3, 0.4) is 0 Å². The van der Waals surface area contributed by atoms with E-state index in [1.807, 2.05) is 0 Å². The van der Waals surface area contributed by atoms with Crippen molar-refractivity contribution < 1.29 is 0 Å². The molecule has 0 saturated carbocycles. The lowest BCUT2D eigenvalue weighted by Gasteiger charge is -2.29. The number of amidine groups is 1. The zero-order valence-corrected chi connectivity index (χ0v) is 11.1. The summed E-state index contributed by atoms with van der Waals surface area (Å²) < 4.78 is 0. The van der Waals surface area contributed by atoms with Gasteiger partial charge in [-0.3, -0.25) is 0 Å². The molecule has 3 rings (SSSR count). The summed E-state index contributed by atoms with van der Waals surface area (Å²) in [6.45, 7) is 4.41. The van der Waals surface area contributed by atoms with Crippen LogP contribution in [-0.2, 0) is 6.54 Å². The molecule has 0 unspecified atom stereocenters. The monoisotopic (exact) mass is 250 g/mol. The van der Waals surface area contributed by atoms with E-state index < -0.39 is 0 Å². The Labute approximate surface area is 109 Å². The van der Waals surface area contributed by atoms with Gasteiger partial charge >= 0.3 is 0 Å². The minimum absolute atomic E-state index is 0. The molecule has 2 nitrogen and oxygen atoms in total. The summed E-state index contributed by atoms with van der Waals surface area (Å²) in [5, 5.41) is 0. The summed E-state index contributed by atoms with van der Waals surface area (Å²) >= 11 is 0. The highest BCUT2D eigenvalue weighted by molar-refractivity contribution is 5.87. The summed E-state index contributed by atoms with van der Waals surface area (Å²) in [6.07, 6.45) is 5.13. The first kappa shape index (κ1) is 12.4. The Hall–Kier alpha value is -1.02. The Morgan fingerprint density at radius 1 is 1.18 bits per heavy atom. The molecular weight excluding hydrogens is 232 g/mol. The van der Waals surface area contributed by atoms with E-state index >= 15 is 0 Å². The molecule has 3 heteroatoms. The molecule has 1 fully saturated rings. The second-order valence-corrected chi connectivity index (χ2v) is 4.84. The standard InChI is InChI=1S/C14H18N2.ClH/c1-11-6-5-7-12-10-16-9-4-2-3-8-13(16)15-14(11)12;/h5-7H,2-4,8-10H2,1H3;1H. The number of halogens is 1. The summed E-state index contributed by atoms with van der Waals surface area (Å²) in [5.74, 6) is 1.32. The average molecular weight is 251 g/mol. The molecule has 2 heterocycles. The van der Waals surface area contributed by atoms with Gasteiger partial charge in [0.2, 0.25) is 0 Å². The van der Waals surface area contributed by atoms with Crippen molar-refractivity contribution in [3.8, 4) is 0 Å². The average Bonchev–Trinajstić information content (AvgIpc) is 2.52. The number of hydrogen-bond donors (Lipinski definition) is 0. The molecule has 0 spiro atoms. The number of rotatable bonds is 0. The van der Waals surface area contributed by atoms with Crippen LogP contribution in [0.2, 0.25) is 0 Å². The van der Waals surface area contributed by atoms with Crippen LogP contribution >= 0.6 is 12.4 Å². The minimum atomic E-state index is 0. The zero-order chi connectivity index (χ0) is 11.0. The van der Waals surface area contributed by atoms with E-state index in [4.69, 9.17) is 4.99 Å². The fraction of sp³-hybridized carbons (Fsp3) is 0.500. The molecule has 0 aliphatic carbocycles. The number of nitrogens with zero attached hydrogens (tertiary/aromatic N) is 2. The first-order valence-electron chi connectivity index (χ1n) is 6.25. The first-order chi connectivity index (χ1) is 7.84. The Morgan fingerprint density at radius 2 is 2.06 bits per heavy atom. The third-order valence-electron chi connectivity index (χ3n) is 3.62. The van der Waals surface area contributed by atoms with E-state index in [1.54, 1.807) is 0 Å². The van der Waals surface area contributed by atoms with Crippen molar-refractivity contribution >= 4 is 23.9 Å². The molecule has 2 aliphatic rings. The minimum Gasteiger partial charge on any atom is -0.356 e. The largest absolute Gasteiger partial charge is 0.356 e. The normalized spacial score (nSPS) is 18.4. The number of fused-ring (bicyclic) bond motifs is 2. The highest BCUT2D eigenvalue weighted by atomic mass is 35.5. The molecular formula is C14H19ClN2. The van der Waals surface area contributed by atoms with E-state index in [-0.39, 0.29) is 12.4 Å². The maximum atomic E-state index is 4.87. The topological polar surface area (TPSA) is 15.6 Å².